The predicted octanol–water partition coefficient (Wildman–Crippen LogP) is 2.47. The molecule has 2 rings (SSSR count). The van der Waals surface area contributed by atoms with E-state index in [9.17, 15) is 9.18 Å². The number of carbonyl (C=O) groups is 1. The molecule has 1 heterocycles. The van der Waals surface area contributed by atoms with Gasteiger partial charge in [0.05, 0.1) is 13.2 Å². The Labute approximate surface area is 144 Å². The Balaban J connectivity index is 0.00000264. The van der Waals surface area contributed by atoms with E-state index in [0.29, 0.717) is 30.3 Å². The molecule has 1 aromatic heterocycles. The maximum absolute atomic E-state index is 13.6. The zero-order valence-electron chi connectivity index (χ0n) is 12.7. The lowest BCUT2D eigenvalue weighted by Gasteiger charge is -2.03. The first-order valence-corrected chi connectivity index (χ1v) is 7.68. The van der Waals surface area contributed by atoms with Crippen molar-refractivity contribution < 1.29 is 13.9 Å². The second kappa shape index (κ2) is 10.3. The van der Waals surface area contributed by atoms with Crippen LogP contribution in [0.5, 0.6) is 0 Å². The number of hydrogen-bond acceptors (Lipinski definition) is 5. The Morgan fingerprint density at radius 1 is 1.39 bits per heavy atom. The van der Waals surface area contributed by atoms with Crippen molar-refractivity contribution in [1.29, 1.82) is 0 Å². The van der Waals surface area contributed by atoms with Crippen molar-refractivity contribution in [2.75, 3.05) is 32.1 Å². The second-order valence-electron chi connectivity index (χ2n) is 4.62. The number of aromatic nitrogens is 1. The first-order chi connectivity index (χ1) is 10.7. The molecule has 23 heavy (non-hydrogen) atoms. The molecule has 126 valence electrons. The first-order valence-electron chi connectivity index (χ1n) is 6.86. The molecule has 0 bridgehead atoms. The van der Waals surface area contributed by atoms with Gasteiger partial charge in [0.25, 0.3) is 0 Å². The number of methoxy groups -OCH3 is 1. The Morgan fingerprint density at radius 2 is 2.17 bits per heavy atom. The first kappa shape index (κ1) is 19.5. The van der Waals surface area contributed by atoms with Crippen molar-refractivity contribution in [2.45, 2.75) is 6.42 Å². The number of halogens is 2. The molecule has 0 saturated heterocycles. The molecule has 8 heteroatoms. The average molecular weight is 360 g/mol. The van der Waals surface area contributed by atoms with Crippen LogP contribution in [0.4, 0.5) is 9.52 Å². The molecule has 0 saturated carbocycles. The summed E-state index contributed by atoms with van der Waals surface area (Å²) in [6.45, 7) is 1.36. The van der Waals surface area contributed by atoms with Crippen molar-refractivity contribution in [1.82, 2.24) is 10.3 Å². The summed E-state index contributed by atoms with van der Waals surface area (Å²) in [4.78, 5) is 16.7. The molecule has 5 nitrogen and oxygen atoms in total. The molecule has 0 atom stereocenters. The molecule has 0 aliphatic heterocycles. The Bertz CT molecular complexity index is 624. The largest absolute Gasteiger partial charge is 0.383 e. The monoisotopic (exact) mass is 359 g/mol. The quantitative estimate of drug-likeness (QED) is 0.711. The minimum Gasteiger partial charge on any atom is -0.383 e. The van der Waals surface area contributed by atoms with E-state index in [0.717, 1.165) is 4.88 Å². The van der Waals surface area contributed by atoms with Crippen LogP contribution in [0.25, 0.3) is 0 Å². The number of rotatable bonds is 8. The van der Waals surface area contributed by atoms with Gasteiger partial charge in [-0.1, -0.05) is 18.2 Å². The molecule has 0 aliphatic rings. The van der Waals surface area contributed by atoms with E-state index in [4.69, 9.17) is 4.74 Å². The lowest BCUT2D eigenvalue weighted by Crippen LogP contribution is -2.30. The number of thiazole rings is 1. The van der Waals surface area contributed by atoms with Crippen LogP contribution in [-0.2, 0) is 16.0 Å². The highest BCUT2D eigenvalue weighted by molar-refractivity contribution is 7.15. The maximum Gasteiger partial charge on any atom is 0.240 e. The molecule has 0 spiro atoms. The molecule has 0 aliphatic carbocycles. The van der Waals surface area contributed by atoms with Crippen LogP contribution in [0.15, 0.2) is 30.5 Å². The zero-order chi connectivity index (χ0) is 15.8. The normalized spacial score (nSPS) is 10.2. The number of carbonyl (C=O) groups excluding carboxylic acids is 1. The number of amides is 1. The van der Waals surface area contributed by atoms with Crippen LogP contribution < -0.4 is 10.6 Å². The van der Waals surface area contributed by atoms with Crippen molar-refractivity contribution in [2.24, 2.45) is 0 Å². The summed E-state index contributed by atoms with van der Waals surface area (Å²) < 4.78 is 18.5. The summed E-state index contributed by atoms with van der Waals surface area (Å²) in [5.74, 6) is -0.397. The molecule has 0 fully saturated rings. The Hall–Kier alpha value is -1.54. The van der Waals surface area contributed by atoms with E-state index in [-0.39, 0.29) is 30.7 Å². The van der Waals surface area contributed by atoms with Crippen LogP contribution in [0.2, 0.25) is 0 Å². The van der Waals surface area contributed by atoms with Gasteiger partial charge in [-0.3, -0.25) is 4.79 Å². The van der Waals surface area contributed by atoms with Gasteiger partial charge in [-0.05, 0) is 11.6 Å². The van der Waals surface area contributed by atoms with Crippen molar-refractivity contribution in [3.05, 3.63) is 46.7 Å². The fourth-order valence-corrected chi connectivity index (χ4v) is 2.67. The van der Waals surface area contributed by atoms with E-state index >= 15 is 0 Å². The van der Waals surface area contributed by atoms with Gasteiger partial charge in [0.2, 0.25) is 5.91 Å². The highest BCUT2D eigenvalue weighted by Crippen LogP contribution is 2.22. The SMILES string of the molecule is COCCNCC(=O)Nc1ncc(Cc2ccccc2F)s1.Cl. The number of hydrogen-bond donors (Lipinski definition) is 2. The van der Waals surface area contributed by atoms with E-state index < -0.39 is 0 Å². The smallest absolute Gasteiger partial charge is 0.240 e. The summed E-state index contributed by atoms with van der Waals surface area (Å²) in [6.07, 6.45) is 2.12. The summed E-state index contributed by atoms with van der Waals surface area (Å²) in [5, 5.41) is 6.18. The summed E-state index contributed by atoms with van der Waals surface area (Å²) in [6, 6.07) is 6.64. The van der Waals surface area contributed by atoms with E-state index in [2.05, 4.69) is 15.6 Å². The van der Waals surface area contributed by atoms with Gasteiger partial charge in [0.15, 0.2) is 5.13 Å². The highest BCUT2D eigenvalue weighted by atomic mass is 35.5. The number of nitrogens with zero attached hydrogens (tertiary/aromatic N) is 1. The van der Waals surface area contributed by atoms with Crippen LogP contribution in [0.1, 0.15) is 10.4 Å². The number of ether oxygens (including phenoxy) is 1. The topological polar surface area (TPSA) is 63.2 Å². The number of anilines is 1. The lowest BCUT2D eigenvalue weighted by atomic mass is 10.1. The van der Waals surface area contributed by atoms with Crippen LogP contribution >= 0.6 is 23.7 Å². The van der Waals surface area contributed by atoms with Gasteiger partial charge >= 0.3 is 0 Å². The van der Waals surface area contributed by atoms with Gasteiger partial charge < -0.3 is 15.4 Å². The third-order valence-corrected chi connectivity index (χ3v) is 3.80. The van der Waals surface area contributed by atoms with Crippen LogP contribution in [-0.4, -0.2) is 37.7 Å². The van der Waals surface area contributed by atoms with Crippen LogP contribution in [0.3, 0.4) is 0 Å². The van der Waals surface area contributed by atoms with Crippen LogP contribution in [0, 0.1) is 5.82 Å². The molecule has 1 amide bonds. The predicted molar refractivity (Wildman–Crippen MR) is 91.9 cm³/mol. The number of nitrogens with one attached hydrogen (secondary N) is 2. The maximum atomic E-state index is 13.6. The van der Waals surface area contributed by atoms with E-state index in [1.807, 2.05) is 0 Å². The molecule has 2 N–H and O–H groups in total. The van der Waals surface area contributed by atoms with Gasteiger partial charge in [-0.2, -0.15) is 0 Å². The standard InChI is InChI=1S/C15H18FN3O2S.ClH/c1-21-7-6-17-10-14(20)19-15-18-9-12(22-15)8-11-4-2-3-5-13(11)16;/h2-5,9,17H,6-8,10H2,1H3,(H,18,19,20);1H. The molecule has 0 unspecified atom stereocenters. The molecule has 0 radical (unpaired) electrons. The molecular weight excluding hydrogens is 341 g/mol. The van der Waals surface area contributed by atoms with Gasteiger partial charge in [-0.25, -0.2) is 9.37 Å². The summed E-state index contributed by atoms with van der Waals surface area (Å²) in [5.41, 5.74) is 0.616. The minimum atomic E-state index is -0.233. The van der Waals surface area contributed by atoms with E-state index in [1.54, 1.807) is 31.5 Å². The summed E-state index contributed by atoms with van der Waals surface area (Å²) in [7, 11) is 1.61. The molecular formula is C15H19ClFN3O2S. The average Bonchev–Trinajstić information content (AvgIpc) is 2.93. The minimum absolute atomic E-state index is 0. The van der Waals surface area contributed by atoms with Crippen molar-refractivity contribution >= 4 is 34.8 Å². The molecule has 2 aromatic rings. The Kier molecular flexibility index (Phi) is 8.71. The van der Waals surface area contributed by atoms with Crippen molar-refractivity contribution in [3.8, 4) is 0 Å². The molecule has 1 aromatic carbocycles. The second-order valence-corrected chi connectivity index (χ2v) is 5.73. The van der Waals surface area contributed by atoms with Gasteiger partial charge in [-0.15, -0.1) is 23.7 Å². The Morgan fingerprint density at radius 3 is 2.91 bits per heavy atom. The third-order valence-electron chi connectivity index (χ3n) is 2.89. The van der Waals surface area contributed by atoms with E-state index in [1.165, 1.54) is 17.4 Å². The third kappa shape index (κ3) is 6.62. The highest BCUT2D eigenvalue weighted by Gasteiger charge is 2.08. The van der Waals surface area contributed by atoms with Gasteiger partial charge in [0, 0.05) is 31.1 Å². The van der Waals surface area contributed by atoms with Crippen molar-refractivity contribution in [3.63, 3.8) is 0 Å². The fraction of sp³-hybridized carbons (Fsp3) is 0.333. The zero-order valence-corrected chi connectivity index (χ0v) is 14.3. The fourth-order valence-electron chi connectivity index (χ4n) is 1.82. The summed E-state index contributed by atoms with van der Waals surface area (Å²) >= 11 is 1.35. The lowest BCUT2D eigenvalue weighted by molar-refractivity contribution is -0.115. The number of benzene rings is 1. The van der Waals surface area contributed by atoms with Gasteiger partial charge in [0.1, 0.15) is 5.82 Å².